The molecule has 0 aliphatic heterocycles. The van der Waals surface area contributed by atoms with Crippen LogP contribution in [0.25, 0.3) is 5.69 Å². The van der Waals surface area contributed by atoms with E-state index in [1.54, 1.807) is 42.7 Å². The first kappa shape index (κ1) is 20.5. The Labute approximate surface area is 172 Å². The third-order valence-corrected chi connectivity index (χ3v) is 4.66. The Kier molecular flexibility index (Phi) is 6.61. The summed E-state index contributed by atoms with van der Waals surface area (Å²) in [4.78, 5) is 42.6. The van der Waals surface area contributed by atoms with Crippen LogP contribution in [0.5, 0.6) is 0 Å². The summed E-state index contributed by atoms with van der Waals surface area (Å²) in [5, 5.41) is 3.12. The van der Waals surface area contributed by atoms with Crippen LogP contribution in [-0.2, 0) is 13.1 Å². The minimum atomic E-state index is -0.683. The highest BCUT2D eigenvalue weighted by Gasteiger charge is 2.18. The molecule has 1 aromatic carbocycles. The van der Waals surface area contributed by atoms with Gasteiger partial charge in [0.1, 0.15) is 5.56 Å². The number of nitrogens with one attached hydrogen (secondary N) is 1. The number of nitrogens with zero attached hydrogens (tertiary/aromatic N) is 3. The van der Waals surface area contributed by atoms with Crippen LogP contribution in [0.4, 0.5) is 0 Å². The highest BCUT2D eigenvalue weighted by Crippen LogP contribution is 2.12. The van der Waals surface area contributed by atoms with Gasteiger partial charge in [-0.3, -0.25) is 19.1 Å². The molecule has 0 radical (unpaired) electrons. The van der Waals surface area contributed by atoms with Gasteiger partial charge in [0.15, 0.2) is 0 Å². The van der Waals surface area contributed by atoms with Crippen LogP contribution in [0.1, 0.15) is 35.7 Å². The quantitative estimate of drug-likeness (QED) is 0.646. The van der Waals surface area contributed by atoms with E-state index in [0.29, 0.717) is 17.3 Å². The van der Waals surface area contributed by atoms with Gasteiger partial charge in [-0.05, 0) is 42.3 Å². The maximum Gasteiger partial charge on any atom is 0.335 e. The van der Waals surface area contributed by atoms with Gasteiger partial charge in [0.05, 0.1) is 5.69 Å². The SMILES string of the molecule is CCCCn1cc(C(=O)NCc2ccncc2)c(=O)n(-c2cccc(Cl)c2)c1=O. The van der Waals surface area contributed by atoms with Gasteiger partial charge < -0.3 is 5.32 Å². The molecule has 2 heterocycles. The molecule has 3 aromatic rings. The molecule has 8 heteroatoms. The number of hydrogen-bond donors (Lipinski definition) is 1. The molecule has 0 bridgehead atoms. The monoisotopic (exact) mass is 412 g/mol. The molecule has 0 aliphatic carbocycles. The van der Waals surface area contributed by atoms with Gasteiger partial charge in [0.25, 0.3) is 11.5 Å². The summed E-state index contributed by atoms with van der Waals surface area (Å²) in [5.74, 6) is -0.548. The van der Waals surface area contributed by atoms with Crippen molar-refractivity contribution < 1.29 is 4.79 Å². The standard InChI is InChI=1S/C21H21ClN4O3/c1-2-3-11-25-14-18(19(27)24-13-15-7-9-23-10-8-15)20(28)26(21(25)29)17-6-4-5-16(22)12-17/h4-10,12,14H,2-3,11,13H2,1H3,(H,24,27). The number of amides is 1. The molecule has 150 valence electrons. The molecule has 0 fully saturated rings. The molecule has 3 rings (SSSR count). The second-order valence-electron chi connectivity index (χ2n) is 6.53. The van der Waals surface area contributed by atoms with E-state index < -0.39 is 17.2 Å². The number of carbonyl (C=O) groups excluding carboxylic acids is 1. The van der Waals surface area contributed by atoms with Gasteiger partial charge in [-0.25, -0.2) is 9.36 Å². The third-order valence-electron chi connectivity index (χ3n) is 4.42. The van der Waals surface area contributed by atoms with Crippen LogP contribution in [0.2, 0.25) is 5.02 Å². The van der Waals surface area contributed by atoms with Gasteiger partial charge in [0.2, 0.25) is 0 Å². The summed E-state index contributed by atoms with van der Waals surface area (Å²) in [7, 11) is 0. The number of aromatic nitrogens is 3. The average Bonchev–Trinajstić information content (AvgIpc) is 2.72. The Morgan fingerprint density at radius 2 is 1.93 bits per heavy atom. The van der Waals surface area contributed by atoms with Crippen molar-refractivity contribution in [2.75, 3.05) is 0 Å². The Balaban J connectivity index is 2.04. The van der Waals surface area contributed by atoms with Crippen molar-refractivity contribution in [3.8, 4) is 5.69 Å². The maximum atomic E-state index is 13.0. The predicted molar refractivity (Wildman–Crippen MR) is 112 cm³/mol. The molecule has 2 aromatic heterocycles. The lowest BCUT2D eigenvalue weighted by Crippen LogP contribution is -2.43. The zero-order valence-electron chi connectivity index (χ0n) is 16.0. The van der Waals surface area contributed by atoms with Crippen molar-refractivity contribution >= 4 is 17.5 Å². The third kappa shape index (κ3) is 4.81. The van der Waals surface area contributed by atoms with E-state index in [0.717, 1.165) is 23.0 Å². The minimum absolute atomic E-state index is 0.102. The smallest absolute Gasteiger partial charge is 0.335 e. The van der Waals surface area contributed by atoms with Crippen LogP contribution >= 0.6 is 11.6 Å². The van der Waals surface area contributed by atoms with Crippen molar-refractivity contribution in [3.63, 3.8) is 0 Å². The first-order valence-corrected chi connectivity index (χ1v) is 9.68. The summed E-state index contributed by atoms with van der Waals surface area (Å²) in [6, 6.07) is 9.97. The number of hydrogen-bond acceptors (Lipinski definition) is 4. The predicted octanol–water partition coefficient (Wildman–Crippen LogP) is 2.78. The van der Waals surface area contributed by atoms with E-state index in [1.807, 2.05) is 6.92 Å². The lowest BCUT2D eigenvalue weighted by atomic mass is 10.2. The van der Waals surface area contributed by atoms with Crippen molar-refractivity contribution in [1.82, 2.24) is 19.4 Å². The minimum Gasteiger partial charge on any atom is -0.348 e. The van der Waals surface area contributed by atoms with Crippen molar-refractivity contribution in [1.29, 1.82) is 0 Å². The van der Waals surface area contributed by atoms with Gasteiger partial charge in [-0.15, -0.1) is 0 Å². The molecule has 7 nitrogen and oxygen atoms in total. The Hall–Kier alpha value is -3.19. The van der Waals surface area contributed by atoms with Gasteiger partial charge in [-0.1, -0.05) is 31.0 Å². The van der Waals surface area contributed by atoms with Gasteiger partial charge in [0, 0.05) is 36.7 Å². The first-order chi connectivity index (χ1) is 14.0. The summed E-state index contributed by atoms with van der Waals surface area (Å²) >= 11 is 6.03. The largest absolute Gasteiger partial charge is 0.348 e. The van der Waals surface area contributed by atoms with Crippen molar-refractivity contribution in [3.05, 3.63) is 92.0 Å². The fourth-order valence-corrected chi connectivity index (χ4v) is 3.05. The number of rotatable bonds is 7. The van der Waals surface area contributed by atoms with E-state index >= 15 is 0 Å². The second kappa shape index (κ2) is 9.34. The zero-order valence-corrected chi connectivity index (χ0v) is 16.7. The Morgan fingerprint density at radius 1 is 1.17 bits per heavy atom. The lowest BCUT2D eigenvalue weighted by Gasteiger charge is -2.13. The molecular weight excluding hydrogens is 392 g/mol. The number of carbonyl (C=O) groups is 1. The van der Waals surface area contributed by atoms with E-state index in [9.17, 15) is 14.4 Å². The summed E-state index contributed by atoms with van der Waals surface area (Å²) in [6.45, 7) is 2.65. The van der Waals surface area contributed by atoms with E-state index in [1.165, 1.54) is 16.8 Å². The number of pyridine rings is 1. The van der Waals surface area contributed by atoms with Gasteiger partial charge >= 0.3 is 5.69 Å². The van der Waals surface area contributed by atoms with Crippen LogP contribution in [-0.4, -0.2) is 20.0 Å². The fourth-order valence-electron chi connectivity index (χ4n) is 2.87. The van der Waals surface area contributed by atoms with Crippen LogP contribution < -0.4 is 16.6 Å². The fraction of sp³-hybridized carbons (Fsp3) is 0.238. The van der Waals surface area contributed by atoms with Crippen LogP contribution in [0.15, 0.2) is 64.6 Å². The molecule has 0 saturated heterocycles. The molecule has 0 saturated carbocycles. The molecule has 1 N–H and O–H groups in total. The molecule has 0 atom stereocenters. The van der Waals surface area contributed by atoms with Crippen LogP contribution in [0, 0.1) is 0 Å². The summed E-state index contributed by atoms with van der Waals surface area (Å²) in [5.41, 5.74) is -0.118. The molecule has 0 aliphatic rings. The molecule has 1 amide bonds. The summed E-state index contributed by atoms with van der Waals surface area (Å²) < 4.78 is 2.38. The Morgan fingerprint density at radius 3 is 2.62 bits per heavy atom. The average molecular weight is 413 g/mol. The normalized spacial score (nSPS) is 10.7. The lowest BCUT2D eigenvalue weighted by molar-refractivity contribution is 0.0948. The van der Waals surface area contributed by atoms with E-state index in [-0.39, 0.29) is 12.1 Å². The van der Waals surface area contributed by atoms with Crippen molar-refractivity contribution in [2.45, 2.75) is 32.9 Å². The molecule has 0 unspecified atom stereocenters. The molecule has 0 spiro atoms. The summed E-state index contributed by atoms with van der Waals surface area (Å²) in [6.07, 6.45) is 6.19. The number of aryl methyl sites for hydroxylation is 1. The number of unbranched alkanes of at least 4 members (excludes halogenated alkanes) is 1. The number of benzene rings is 1. The number of halogens is 1. The van der Waals surface area contributed by atoms with Gasteiger partial charge in [-0.2, -0.15) is 0 Å². The second-order valence-corrected chi connectivity index (χ2v) is 6.97. The highest BCUT2D eigenvalue weighted by atomic mass is 35.5. The van der Waals surface area contributed by atoms with E-state index in [4.69, 9.17) is 11.6 Å². The topological polar surface area (TPSA) is 86.0 Å². The van der Waals surface area contributed by atoms with Crippen molar-refractivity contribution in [2.24, 2.45) is 0 Å². The van der Waals surface area contributed by atoms with E-state index in [2.05, 4.69) is 10.3 Å². The molecule has 29 heavy (non-hydrogen) atoms. The Bertz CT molecular complexity index is 1120. The zero-order chi connectivity index (χ0) is 20.8. The highest BCUT2D eigenvalue weighted by molar-refractivity contribution is 6.30. The molecular formula is C21H21ClN4O3. The maximum absolute atomic E-state index is 13.0. The van der Waals surface area contributed by atoms with Crippen LogP contribution in [0.3, 0.4) is 0 Å². The first-order valence-electron chi connectivity index (χ1n) is 9.30.